The van der Waals surface area contributed by atoms with Gasteiger partial charge in [-0.2, -0.15) is 0 Å². The number of carbonyl (C=O) groups excluding carboxylic acids is 3. The molecule has 1 unspecified atom stereocenters. The Morgan fingerprint density at radius 2 is 1.96 bits per heavy atom. The van der Waals surface area contributed by atoms with Gasteiger partial charge in [-0.15, -0.1) is 0 Å². The predicted molar refractivity (Wildman–Crippen MR) is 93.6 cm³/mol. The van der Waals surface area contributed by atoms with Crippen LogP contribution < -0.4 is 5.73 Å². The van der Waals surface area contributed by atoms with Gasteiger partial charge in [-0.25, -0.2) is 9.37 Å². The zero-order valence-corrected chi connectivity index (χ0v) is 15.1. The number of aliphatic imine (C=N–C) groups is 1. The molecule has 4 aliphatic rings. The minimum absolute atomic E-state index is 0.401. The highest BCUT2D eigenvalue weighted by Crippen LogP contribution is 2.28. The third-order valence-corrected chi connectivity index (χ3v) is 5.77. The van der Waals surface area contributed by atoms with E-state index in [1.165, 1.54) is 24.2 Å². The number of primary amides is 1. The van der Waals surface area contributed by atoms with Crippen LogP contribution in [0.4, 0.5) is 4.79 Å². The Kier molecular flexibility index (Phi) is 4.16. The SMILES string of the molecule is CN1C(=O)N(CC(N)=O)C(=O)C2C1=NC1=[N+]2CCCN1C1CCCCC1. The lowest BCUT2D eigenvalue weighted by Crippen LogP contribution is -2.64. The van der Waals surface area contributed by atoms with Crippen LogP contribution in [0, 0.1) is 0 Å². The highest BCUT2D eigenvalue weighted by molar-refractivity contribution is 6.23. The van der Waals surface area contributed by atoms with E-state index in [2.05, 4.69) is 4.90 Å². The third kappa shape index (κ3) is 2.57. The van der Waals surface area contributed by atoms with Crippen molar-refractivity contribution < 1.29 is 19.0 Å². The summed E-state index contributed by atoms with van der Waals surface area (Å²) in [5.74, 6) is 0.145. The molecule has 1 atom stereocenters. The van der Waals surface area contributed by atoms with Crippen LogP contribution in [0.15, 0.2) is 4.99 Å². The maximum absolute atomic E-state index is 13.0. The average Bonchev–Trinajstić information content (AvgIpc) is 3.04. The van der Waals surface area contributed by atoms with E-state index >= 15 is 0 Å². The topological polar surface area (TPSA) is 102 Å². The fourth-order valence-electron chi connectivity index (χ4n) is 4.52. The number of urea groups is 1. The van der Waals surface area contributed by atoms with Gasteiger partial charge in [-0.1, -0.05) is 24.3 Å². The molecule has 9 nitrogen and oxygen atoms in total. The van der Waals surface area contributed by atoms with E-state index < -0.39 is 30.4 Å². The van der Waals surface area contributed by atoms with E-state index in [0.29, 0.717) is 18.4 Å². The van der Waals surface area contributed by atoms with Gasteiger partial charge in [0.15, 0.2) is 0 Å². The summed E-state index contributed by atoms with van der Waals surface area (Å²) >= 11 is 0. The van der Waals surface area contributed by atoms with Gasteiger partial charge in [0, 0.05) is 13.5 Å². The van der Waals surface area contributed by atoms with Gasteiger partial charge < -0.3 is 5.73 Å². The van der Waals surface area contributed by atoms with E-state index in [4.69, 9.17) is 10.7 Å². The van der Waals surface area contributed by atoms with Crippen LogP contribution in [-0.2, 0) is 9.59 Å². The van der Waals surface area contributed by atoms with E-state index in [1.54, 1.807) is 7.05 Å². The Labute approximate surface area is 152 Å². The Morgan fingerprint density at radius 3 is 2.65 bits per heavy atom. The molecule has 1 aliphatic carbocycles. The molecule has 4 amide bonds. The Hall–Kier alpha value is -2.45. The molecule has 4 rings (SSSR count). The molecule has 3 aliphatic heterocycles. The van der Waals surface area contributed by atoms with Crippen molar-refractivity contribution in [3.8, 4) is 0 Å². The first-order chi connectivity index (χ1) is 12.5. The lowest BCUT2D eigenvalue weighted by Gasteiger charge is -2.35. The number of rotatable bonds is 3. The lowest BCUT2D eigenvalue weighted by atomic mass is 9.94. The second kappa shape index (κ2) is 6.37. The van der Waals surface area contributed by atoms with Crippen LogP contribution in [-0.4, -0.2) is 87.7 Å². The first kappa shape index (κ1) is 17.0. The monoisotopic (exact) mass is 361 g/mol. The summed E-state index contributed by atoms with van der Waals surface area (Å²) in [6.45, 7) is 1.24. The number of hydrogen-bond donors (Lipinski definition) is 1. The number of imide groups is 1. The molecule has 140 valence electrons. The number of hydrogen-bond acceptors (Lipinski definition) is 5. The van der Waals surface area contributed by atoms with Crippen molar-refractivity contribution in [2.45, 2.75) is 50.6 Å². The van der Waals surface area contributed by atoms with Crippen molar-refractivity contribution >= 4 is 29.6 Å². The highest BCUT2D eigenvalue weighted by atomic mass is 16.2. The van der Waals surface area contributed by atoms with Crippen LogP contribution in [0.2, 0.25) is 0 Å². The summed E-state index contributed by atoms with van der Waals surface area (Å²) in [5, 5.41) is 0. The van der Waals surface area contributed by atoms with Gasteiger partial charge in [-0.05, 0) is 12.8 Å². The quantitative estimate of drug-likeness (QED) is 0.688. The molecular weight excluding hydrogens is 336 g/mol. The van der Waals surface area contributed by atoms with Crippen LogP contribution in [0.1, 0.15) is 38.5 Å². The first-order valence-corrected chi connectivity index (χ1v) is 9.35. The third-order valence-electron chi connectivity index (χ3n) is 5.77. The van der Waals surface area contributed by atoms with Gasteiger partial charge in [-0.3, -0.25) is 24.3 Å². The van der Waals surface area contributed by atoms with Gasteiger partial charge in [0.25, 0.3) is 5.91 Å². The van der Waals surface area contributed by atoms with Crippen LogP contribution in [0.3, 0.4) is 0 Å². The minimum atomic E-state index is -0.704. The predicted octanol–water partition coefficient (Wildman–Crippen LogP) is -0.447. The molecule has 0 aromatic heterocycles. The van der Waals surface area contributed by atoms with Gasteiger partial charge >= 0.3 is 12.0 Å². The van der Waals surface area contributed by atoms with Crippen LogP contribution in [0.5, 0.6) is 0 Å². The molecule has 0 aromatic carbocycles. The molecular formula is C17H25N6O3+. The molecule has 3 heterocycles. The summed E-state index contributed by atoms with van der Waals surface area (Å²) in [5.41, 5.74) is 5.22. The second-order valence-corrected chi connectivity index (χ2v) is 7.44. The number of likely N-dealkylation sites (N-methyl/N-ethyl adjacent to an activating group) is 1. The van der Waals surface area contributed by atoms with Crippen molar-refractivity contribution in [3.05, 3.63) is 0 Å². The number of amides is 4. The largest absolute Gasteiger partial charge is 0.392 e. The molecule has 0 radical (unpaired) electrons. The van der Waals surface area contributed by atoms with E-state index in [9.17, 15) is 14.4 Å². The molecule has 9 heteroatoms. The molecule has 0 spiro atoms. The zero-order valence-electron chi connectivity index (χ0n) is 15.1. The standard InChI is InChI=1S/C17H24N6O3/c1-20-14-13(15(25)23(17(20)26)10-12(18)24)22-9-5-8-21(16(22)19-14)11-6-3-2-4-7-11/h11,13H,2-10H2,1H3,(H-,18,24)/p+1. The fraction of sp³-hybridized carbons (Fsp3) is 0.706. The summed E-state index contributed by atoms with van der Waals surface area (Å²) < 4.78 is 1.99. The molecule has 2 fully saturated rings. The van der Waals surface area contributed by atoms with E-state index in [-0.39, 0.29) is 0 Å². The van der Waals surface area contributed by atoms with Gasteiger partial charge in [0.05, 0.1) is 19.1 Å². The van der Waals surface area contributed by atoms with Crippen LogP contribution >= 0.6 is 0 Å². The Morgan fingerprint density at radius 1 is 1.23 bits per heavy atom. The maximum Gasteiger partial charge on any atom is 0.392 e. The van der Waals surface area contributed by atoms with Gasteiger partial charge in [0.1, 0.15) is 6.54 Å². The number of guanidine groups is 1. The summed E-state index contributed by atoms with van der Waals surface area (Å²) in [6.07, 6.45) is 6.95. The van der Waals surface area contributed by atoms with Crippen LogP contribution in [0.25, 0.3) is 0 Å². The second-order valence-electron chi connectivity index (χ2n) is 7.44. The fourth-order valence-corrected chi connectivity index (χ4v) is 4.52. The lowest BCUT2D eigenvalue weighted by molar-refractivity contribution is -0.545. The number of amidine groups is 1. The van der Waals surface area contributed by atoms with E-state index in [0.717, 1.165) is 36.7 Å². The van der Waals surface area contributed by atoms with Crippen molar-refractivity contribution in [2.75, 3.05) is 26.7 Å². The maximum atomic E-state index is 13.0. The molecule has 2 N–H and O–H groups in total. The van der Waals surface area contributed by atoms with Crippen molar-refractivity contribution in [1.29, 1.82) is 0 Å². The molecule has 26 heavy (non-hydrogen) atoms. The normalized spacial score (nSPS) is 26.9. The molecule has 0 bridgehead atoms. The molecule has 1 saturated heterocycles. The molecule has 1 saturated carbocycles. The summed E-state index contributed by atoms with van der Waals surface area (Å²) in [4.78, 5) is 46.1. The Bertz CT molecular complexity index is 724. The minimum Gasteiger partial charge on any atom is -0.368 e. The smallest absolute Gasteiger partial charge is 0.368 e. The summed E-state index contributed by atoms with van der Waals surface area (Å²) in [7, 11) is 1.60. The molecule has 0 aromatic rings. The average molecular weight is 361 g/mol. The first-order valence-electron chi connectivity index (χ1n) is 9.35. The summed E-state index contributed by atoms with van der Waals surface area (Å²) in [6, 6.07) is -0.740. The zero-order chi connectivity index (χ0) is 18.4. The van der Waals surface area contributed by atoms with Gasteiger partial charge in [0.2, 0.25) is 17.8 Å². The number of nitrogens with zero attached hydrogens (tertiary/aromatic N) is 5. The highest BCUT2D eigenvalue weighted by Gasteiger charge is 2.54. The Balaban J connectivity index is 1.68. The van der Waals surface area contributed by atoms with Crippen molar-refractivity contribution in [1.82, 2.24) is 14.7 Å². The van der Waals surface area contributed by atoms with E-state index in [1.807, 2.05) is 4.58 Å². The van der Waals surface area contributed by atoms with Crippen molar-refractivity contribution in [3.63, 3.8) is 0 Å². The number of carbonyl (C=O) groups is 3. The number of nitrogens with two attached hydrogens (primary N) is 1. The van der Waals surface area contributed by atoms with Crippen molar-refractivity contribution in [2.24, 2.45) is 10.7 Å². The number of fused-ring (bicyclic) bond motifs is 2.